The molecule has 0 saturated heterocycles. The molecule has 3 rings (SSSR count). The minimum Gasteiger partial charge on any atom is -0.481 e. The Balaban J connectivity index is 1.55. The van der Waals surface area contributed by atoms with Gasteiger partial charge in [0.05, 0.1) is 6.21 Å². The average molecular weight is 379 g/mol. The largest absolute Gasteiger partial charge is 0.481 e. The first-order chi connectivity index (χ1) is 13.1. The van der Waals surface area contributed by atoms with Crippen molar-refractivity contribution in [3.8, 4) is 16.9 Å². The van der Waals surface area contributed by atoms with Crippen LogP contribution >= 0.6 is 11.6 Å². The SMILES string of the molecule is CC(Oc1ccc(-c2ccccc2)cc1)C(=O)N/N=C/c1cccc(Cl)c1. The fourth-order valence-corrected chi connectivity index (χ4v) is 2.66. The van der Waals surface area contributed by atoms with Gasteiger partial charge in [-0.1, -0.05) is 66.2 Å². The lowest BCUT2D eigenvalue weighted by Gasteiger charge is -2.13. The number of hydrazone groups is 1. The molecule has 3 aromatic carbocycles. The van der Waals surface area contributed by atoms with Crippen molar-refractivity contribution in [3.05, 3.63) is 89.4 Å². The van der Waals surface area contributed by atoms with Crippen LogP contribution in [0.25, 0.3) is 11.1 Å². The van der Waals surface area contributed by atoms with E-state index in [9.17, 15) is 4.79 Å². The van der Waals surface area contributed by atoms with Crippen molar-refractivity contribution >= 4 is 23.7 Å². The summed E-state index contributed by atoms with van der Waals surface area (Å²) in [6.07, 6.45) is 0.856. The highest BCUT2D eigenvalue weighted by Gasteiger charge is 2.13. The van der Waals surface area contributed by atoms with Crippen LogP contribution in [0.15, 0.2) is 84.0 Å². The summed E-state index contributed by atoms with van der Waals surface area (Å²) in [6, 6.07) is 24.9. The Morgan fingerprint density at radius 3 is 2.41 bits per heavy atom. The highest BCUT2D eigenvalue weighted by atomic mass is 35.5. The van der Waals surface area contributed by atoms with Gasteiger partial charge in [-0.25, -0.2) is 5.43 Å². The Hall–Kier alpha value is -3.11. The predicted octanol–water partition coefficient (Wildman–Crippen LogP) is 4.92. The fourth-order valence-electron chi connectivity index (χ4n) is 2.46. The molecule has 0 bridgehead atoms. The van der Waals surface area contributed by atoms with Crippen LogP contribution in [0.3, 0.4) is 0 Å². The smallest absolute Gasteiger partial charge is 0.280 e. The third kappa shape index (κ3) is 5.43. The first kappa shape index (κ1) is 18.7. The number of carbonyl (C=O) groups is 1. The van der Waals surface area contributed by atoms with Gasteiger partial charge >= 0.3 is 0 Å². The number of benzene rings is 3. The molecule has 1 N–H and O–H groups in total. The van der Waals surface area contributed by atoms with E-state index in [2.05, 4.69) is 10.5 Å². The Morgan fingerprint density at radius 2 is 1.70 bits per heavy atom. The number of nitrogens with zero attached hydrogens (tertiary/aromatic N) is 1. The number of hydrogen-bond acceptors (Lipinski definition) is 3. The monoisotopic (exact) mass is 378 g/mol. The highest BCUT2D eigenvalue weighted by molar-refractivity contribution is 6.30. The van der Waals surface area contributed by atoms with Crippen molar-refractivity contribution in [1.29, 1.82) is 0 Å². The molecule has 0 aliphatic heterocycles. The summed E-state index contributed by atoms with van der Waals surface area (Å²) in [4.78, 5) is 12.1. The molecule has 0 aliphatic rings. The van der Waals surface area contributed by atoms with Crippen LogP contribution in [0.5, 0.6) is 5.75 Å². The number of amides is 1. The Labute approximate surface area is 163 Å². The minimum atomic E-state index is -0.677. The van der Waals surface area contributed by atoms with Gasteiger partial charge in [-0.2, -0.15) is 5.10 Å². The summed E-state index contributed by atoms with van der Waals surface area (Å²) in [7, 11) is 0. The normalized spacial score (nSPS) is 11.9. The lowest BCUT2D eigenvalue weighted by Crippen LogP contribution is -2.33. The highest BCUT2D eigenvalue weighted by Crippen LogP contribution is 2.22. The van der Waals surface area contributed by atoms with Gasteiger partial charge in [0.1, 0.15) is 5.75 Å². The molecule has 3 aromatic rings. The molecule has 1 atom stereocenters. The first-order valence-electron chi connectivity index (χ1n) is 8.52. The number of rotatable bonds is 6. The molecule has 0 heterocycles. The van der Waals surface area contributed by atoms with Crippen LogP contribution in [0.4, 0.5) is 0 Å². The number of ether oxygens (including phenoxy) is 1. The number of halogens is 1. The van der Waals surface area contributed by atoms with Gasteiger partial charge in [-0.3, -0.25) is 4.79 Å². The standard InChI is InChI=1S/C22H19ClN2O2/c1-16(22(26)25-24-15-17-6-5-9-20(23)14-17)27-21-12-10-19(11-13-21)18-7-3-2-4-8-18/h2-16H,1H3,(H,25,26)/b24-15+. The molecule has 0 aromatic heterocycles. The molecule has 1 amide bonds. The van der Waals surface area contributed by atoms with E-state index in [4.69, 9.17) is 16.3 Å². The van der Waals surface area contributed by atoms with Crippen LogP contribution in [-0.2, 0) is 4.79 Å². The Bertz CT molecular complexity index is 925. The van der Waals surface area contributed by atoms with Crippen molar-refractivity contribution in [3.63, 3.8) is 0 Å². The summed E-state index contributed by atoms with van der Waals surface area (Å²) < 4.78 is 5.68. The van der Waals surface area contributed by atoms with Crippen LogP contribution in [0, 0.1) is 0 Å². The topological polar surface area (TPSA) is 50.7 Å². The number of carbonyl (C=O) groups excluding carboxylic acids is 1. The zero-order valence-corrected chi connectivity index (χ0v) is 15.6. The maximum absolute atomic E-state index is 12.1. The maximum Gasteiger partial charge on any atom is 0.280 e. The average Bonchev–Trinajstić information content (AvgIpc) is 2.69. The first-order valence-corrected chi connectivity index (χ1v) is 8.90. The zero-order valence-electron chi connectivity index (χ0n) is 14.8. The van der Waals surface area contributed by atoms with E-state index in [0.717, 1.165) is 16.7 Å². The van der Waals surface area contributed by atoms with Gasteiger partial charge in [0.15, 0.2) is 6.10 Å². The molecule has 0 fully saturated rings. The second-order valence-electron chi connectivity index (χ2n) is 5.94. The van der Waals surface area contributed by atoms with Crippen molar-refractivity contribution in [2.75, 3.05) is 0 Å². The van der Waals surface area contributed by atoms with E-state index in [1.165, 1.54) is 6.21 Å². The van der Waals surface area contributed by atoms with Crippen LogP contribution < -0.4 is 10.2 Å². The van der Waals surface area contributed by atoms with Crippen molar-refractivity contribution in [2.24, 2.45) is 5.10 Å². The second-order valence-corrected chi connectivity index (χ2v) is 6.38. The minimum absolute atomic E-state index is 0.333. The molecule has 27 heavy (non-hydrogen) atoms. The third-order valence-corrected chi connectivity index (χ3v) is 4.12. The predicted molar refractivity (Wildman–Crippen MR) is 109 cm³/mol. The van der Waals surface area contributed by atoms with E-state index in [1.54, 1.807) is 19.1 Å². The van der Waals surface area contributed by atoms with E-state index in [-0.39, 0.29) is 5.91 Å². The van der Waals surface area contributed by atoms with Crippen molar-refractivity contribution in [1.82, 2.24) is 5.43 Å². The van der Waals surface area contributed by atoms with E-state index in [0.29, 0.717) is 10.8 Å². The molecule has 1 unspecified atom stereocenters. The lowest BCUT2D eigenvalue weighted by atomic mass is 10.1. The lowest BCUT2D eigenvalue weighted by molar-refractivity contribution is -0.127. The molecule has 0 radical (unpaired) electrons. The van der Waals surface area contributed by atoms with Gasteiger partial charge in [-0.05, 0) is 47.9 Å². The summed E-state index contributed by atoms with van der Waals surface area (Å²) in [5.74, 6) is 0.288. The zero-order chi connectivity index (χ0) is 19.1. The van der Waals surface area contributed by atoms with Crippen LogP contribution in [0.1, 0.15) is 12.5 Å². The van der Waals surface area contributed by atoms with Crippen LogP contribution in [0.2, 0.25) is 5.02 Å². The quantitative estimate of drug-likeness (QED) is 0.488. The van der Waals surface area contributed by atoms with Crippen molar-refractivity contribution < 1.29 is 9.53 Å². The molecule has 0 saturated carbocycles. The van der Waals surface area contributed by atoms with E-state index in [1.807, 2.05) is 66.7 Å². The van der Waals surface area contributed by atoms with Gasteiger partial charge in [-0.15, -0.1) is 0 Å². The second kappa shape index (κ2) is 9.01. The molecule has 4 nitrogen and oxygen atoms in total. The van der Waals surface area contributed by atoms with Crippen molar-refractivity contribution in [2.45, 2.75) is 13.0 Å². The summed E-state index contributed by atoms with van der Waals surface area (Å²) in [5, 5.41) is 4.55. The third-order valence-electron chi connectivity index (χ3n) is 3.88. The fraction of sp³-hybridized carbons (Fsp3) is 0.0909. The Morgan fingerprint density at radius 1 is 1.00 bits per heavy atom. The van der Waals surface area contributed by atoms with Gasteiger partial charge < -0.3 is 4.74 Å². The molecule has 5 heteroatoms. The summed E-state index contributed by atoms with van der Waals surface area (Å²) >= 11 is 5.91. The maximum atomic E-state index is 12.1. The summed E-state index contributed by atoms with van der Waals surface area (Å²) in [6.45, 7) is 1.68. The molecule has 136 valence electrons. The molecular formula is C22H19ClN2O2. The van der Waals surface area contributed by atoms with Gasteiger partial charge in [0.2, 0.25) is 0 Å². The van der Waals surface area contributed by atoms with E-state index < -0.39 is 6.10 Å². The number of hydrogen-bond donors (Lipinski definition) is 1. The van der Waals surface area contributed by atoms with Gasteiger partial charge in [0.25, 0.3) is 5.91 Å². The van der Waals surface area contributed by atoms with E-state index >= 15 is 0 Å². The number of nitrogens with one attached hydrogen (secondary N) is 1. The summed E-state index contributed by atoms with van der Waals surface area (Å²) in [5.41, 5.74) is 5.49. The Kier molecular flexibility index (Phi) is 6.23. The van der Waals surface area contributed by atoms with Crippen LogP contribution in [-0.4, -0.2) is 18.2 Å². The molecular weight excluding hydrogens is 360 g/mol. The molecule has 0 aliphatic carbocycles. The molecule has 0 spiro atoms. The van der Waals surface area contributed by atoms with Gasteiger partial charge in [0, 0.05) is 5.02 Å².